The maximum absolute atomic E-state index is 13.4. The van der Waals surface area contributed by atoms with Crippen LogP contribution in [0.3, 0.4) is 0 Å². The summed E-state index contributed by atoms with van der Waals surface area (Å²) >= 11 is 0. The minimum absolute atomic E-state index is 0.0980. The van der Waals surface area contributed by atoms with E-state index < -0.39 is 6.04 Å². The number of nitrogens with one attached hydrogen (secondary N) is 1. The molecule has 1 saturated heterocycles. The number of amides is 2. The van der Waals surface area contributed by atoms with Crippen LogP contribution in [0, 0.1) is 6.92 Å². The van der Waals surface area contributed by atoms with Crippen LogP contribution in [0.25, 0.3) is 0 Å². The van der Waals surface area contributed by atoms with Gasteiger partial charge in [-0.2, -0.15) is 0 Å². The summed E-state index contributed by atoms with van der Waals surface area (Å²) in [5.74, 6) is 0.722. The molecule has 2 amide bonds. The number of benzene rings is 3. The largest absolute Gasteiger partial charge is 0.497 e. The number of rotatable bonds is 7. The van der Waals surface area contributed by atoms with Gasteiger partial charge in [0, 0.05) is 37.9 Å². The van der Waals surface area contributed by atoms with Crippen LogP contribution < -0.4 is 10.1 Å². The first-order valence-electron chi connectivity index (χ1n) is 11.6. The van der Waals surface area contributed by atoms with Crippen LogP contribution in [0.2, 0.25) is 0 Å². The molecule has 1 N–H and O–H groups in total. The monoisotopic (exact) mass is 457 g/mol. The number of carbonyl (C=O) groups is 2. The lowest BCUT2D eigenvalue weighted by Gasteiger charge is -2.39. The lowest BCUT2D eigenvalue weighted by molar-refractivity contribution is -0.133. The van der Waals surface area contributed by atoms with Crippen molar-refractivity contribution >= 4 is 17.5 Å². The molecule has 1 unspecified atom stereocenters. The first-order chi connectivity index (χ1) is 16.5. The molecule has 1 aliphatic heterocycles. The van der Waals surface area contributed by atoms with Crippen LogP contribution in [0.4, 0.5) is 5.69 Å². The Morgan fingerprint density at radius 2 is 1.62 bits per heavy atom. The quantitative estimate of drug-likeness (QED) is 0.581. The maximum atomic E-state index is 13.4. The highest BCUT2D eigenvalue weighted by molar-refractivity contribution is 5.95. The molecular formula is C28H31N3O3. The van der Waals surface area contributed by atoms with Crippen molar-refractivity contribution in [3.63, 3.8) is 0 Å². The highest BCUT2D eigenvalue weighted by atomic mass is 16.5. The first kappa shape index (κ1) is 23.5. The molecule has 4 rings (SSSR count). The summed E-state index contributed by atoms with van der Waals surface area (Å²) in [4.78, 5) is 30.4. The van der Waals surface area contributed by atoms with Crippen LogP contribution in [0.5, 0.6) is 5.75 Å². The van der Waals surface area contributed by atoms with E-state index in [2.05, 4.69) is 10.2 Å². The van der Waals surface area contributed by atoms with Crippen molar-refractivity contribution in [1.29, 1.82) is 0 Å². The third-order valence-electron chi connectivity index (χ3n) is 6.34. The molecule has 0 radical (unpaired) electrons. The van der Waals surface area contributed by atoms with Crippen LogP contribution in [0.1, 0.15) is 22.7 Å². The minimum atomic E-state index is -0.443. The van der Waals surface area contributed by atoms with Crippen LogP contribution in [-0.4, -0.2) is 54.9 Å². The second-order valence-corrected chi connectivity index (χ2v) is 8.55. The molecule has 34 heavy (non-hydrogen) atoms. The predicted octanol–water partition coefficient (Wildman–Crippen LogP) is 4.07. The summed E-state index contributed by atoms with van der Waals surface area (Å²) in [5, 5.41) is 3.04. The number of ether oxygens (including phenoxy) is 1. The van der Waals surface area contributed by atoms with E-state index in [1.807, 2.05) is 90.7 Å². The van der Waals surface area contributed by atoms with Gasteiger partial charge in [0.2, 0.25) is 11.8 Å². The fraction of sp³-hybridized carbons (Fsp3) is 0.286. The minimum Gasteiger partial charge on any atom is -0.497 e. The average Bonchev–Trinajstić information content (AvgIpc) is 2.87. The van der Waals surface area contributed by atoms with E-state index in [0.29, 0.717) is 44.0 Å². The second-order valence-electron chi connectivity index (χ2n) is 8.55. The molecule has 3 aromatic rings. The highest BCUT2D eigenvalue weighted by Crippen LogP contribution is 2.26. The van der Waals surface area contributed by atoms with E-state index in [9.17, 15) is 9.59 Å². The Kier molecular flexibility index (Phi) is 7.60. The predicted molar refractivity (Wildman–Crippen MR) is 134 cm³/mol. The summed E-state index contributed by atoms with van der Waals surface area (Å²) in [7, 11) is 1.60. The Morgan fingerprint density at radius 1 is 0.912 bits per heavy atom. The number of anilines is 1. The number of carbonyl (C=O) groups excluding carboxylic acids is 2. The first-order valence-corrected chi connectivity index (χ1v) is 11.6. The summed E-state index contributed by atoms with van der Waals surface area (Å²) in [6, 6.07) is 24.7. The molecule has 1 heterocycles. The number of methoxy groups -OCH3 is 1. The van der Waals surface area contributed by atoms with Gasteiger partial charge < -0.3 is 15.0 Å². The van der Waals surface area contributed by atoms with E-state index in [4.69, 9.17) is 4.74 Å². The van der Waals surface area contributed by atoms with Crippen molar-refractivity contribution in [1.82, 2.24) is 9.80 Å². The van der Waals surface area contributed by atoms with Gasteiger partial charge in [-0.25, -0.2) is 0 Å². The van der Waals surface area contributed by atoms with Crippen molar-refractivity contribution in [2.45, 2.75) is 19.4 Å². The van der Waals surface area contributed by atoms with Gasteiger partial charge in [-0.1, -0.05) is 60.7 Å². The molecule has 1 atom stereocenters. The molecule has 0 bridgehead atoms. The summed E-state index contributed by atoms with van der Waals surface area (Å²) in [5.41, 5.74) is 3.82. The summed E-state index contributed by atoms with van der Waals surface area (Å²) in [6.07, 6.45) is 0.408. The Bertz CT molecular complexity index is 1120. The third-order valence-corrected chi connectivity index (χ3v) is 6.34. The van der Waals surface area contributed by atoms with E-state index in [0.717, 1.165) is 16.7 Å². The smallest absolute Gasteiger partial charge is 0.246 e. The van der Waals surface area contributed by atoms with Gasteiger partial charge in [0.1, 0.15) is 11.8 Å². The van der Waals surface area contributed by atoms with Crippen molar-refractivity contribution in [3.8, 4) is 5.75 Å². The molecule has 3 aromatic carbocycles. The number of piperazine rings is 1. The number of aryl methyl sites for hydroxylation is 1. The molecule has 0 aliphatic carbocycles. The zero-order valence-electron chi connectivity index (χ0n) is 19.7. The van der Waals surface area contributed by atoms with Crippen molar-refractivity contribution in [2.75, 3.05) is 38.6 Å². The standard InChI is InChI=1S/C28H31N3O3/c1-21-9-6-7-12-23(21)19-26(32)30-15-17-31(18-16-30)27(22-10-4-3-5-11-22)28(33)29-24-13-8-14-25(20-24)34-2/h3-14,20,27H,15-19H2,1-2H3,(H,29,33). The number of hydrogen-bond donors (Lipinski definition) is 1. The summed E-state index contributed by atoms with van der Waals surface area (Å²) < 4.78 is 5.28. The molecule has 0 spiro atoms. The van der Waals surface area contributed by atoms with E-state index in [1.165, 1.54) is 0 Å². The molecule has 1 aliphatic rings. The normalized spacial score (nSPS) is 14.9. The van der Waals surface area contributed by atoms with Crippen molar-refractivity contribution in [2.24, 2.45) is 0 Å². The lowest BCUT2D eigenvalue weighted by Crippen LogP contribution is -2.52. The van der Waals surface area contributed by atoms with Crippen molar-refractivity contribution < 1.29 is 14.3 Å². The van der Waals surface area contributed by atoms with Crippen LogP contribution in [0.15, 0.2) is 78.9 Å². The van der Waals surface area contributed by atoms with Gasteiger partial charge in [-0.05, 0) is 35.7 Å². The molecule has 6 heteroatoms. The van der Waals surface area contributed by atoms with Gasteiger partial charge in [0.05, 0.1) is 13.5 Å². The molecule has 1 fully saturated rings. The van der Waals surface area contributed by atoms with Gasteiger partial charge in [0.25, 0.3) is 0 Å². The SMILES string of the molecule is COc1cccc(NC(=O)C(c2ccccc2)N2CCN(C(=O)Cc3ccccc3C)CC2)c1. The fourth-order valence-electron chi connectivity index (χ4n) is 4.39. The van der Waals surface area contributed by atoms with Crippen LogP contribution in [-0.2, 0) is 16.0 Å². The topological polar surface area (TPSA) is 61.9 Å². The van der Waals surface area contributed by atoms with Crippen LogP contribution >= 0.6 is 0 Å². The fourth-order valence-corrected chi connectivity index (χ4v) is 4.39. The Labute approximate surface area is 201 Å². The van der Waals surface area contributed by atoms with Gasteiger partial charge in [-0.3, -0.25) is 14.5 Å². The van der Waals surface area contributed by atoms with Gasteiger partial charge in [-0.15, -0.1) is 0 Å². The van der Waals surface area contributed by atoms with Gasteiger partial charge >= 0.3 is 0 Å². The second kappa shape index (κ2) is 11.0. The van der Waals surface area contributed by atoms with E-state index >= 15 is 0 Å². The zero-order valence-corrected chi connectivity index (χ0v) is 19.7. The van der Waals surface area contributed by atoms with E-state index in [1.54, 1.807) is 7.11 Å². The van der Waals surface area contributed by atoms with E-state index in [-0.39, 0.29) is 11.8 Å². The lowest BCUT2D eigenvalue weighted by atomic mass is 10.0. The number of nitrogens with zero attached hydrogens (tertiary/aromatic N) is 2. The molecule has 176 valence electrons. The zero-order chi connectivity index (χ0) is 23.9. The Balaban J connectivity index is 1.45. The average molecular weight is 458 g/mol. The van der Waals surface area contributed by atoms with Gasteiger partial charge in [0.15, 0.2) is 0 Å². The molecule has 0 aromatic heterocycles. The Hall–Kier alpha value is -3.64. The molecular weight excluding hydrogens is 426 g/mol. The highest BCUT2D eigenvalue weighted by Gasteiger charge is 2.31. The Morgan fingerprint density at radius 3 is 2.32 bits per heavy atom. The summed E-state index contributed by atoms with van der Waals surface area (Å²) in [6.45, 7) is 4.49. The number of hydrogen-bond acceptors (Lipinski definition) is 4. The van der Waals surface area contributed by atoms with Crippen molar-refractivity contribution in [3.05, 3.63) is 95.6 Å². The maximum Gasteiger partial charge on any atom is 0.246 e. The molecule has 6 nitrogen and oxygen atoms in total. The molecule has 0 saturated carbocycles. The third kappa shape index (κ3) is 5.64.